The van der Waals surface area contributed by atoms with Gasteiger partial charge in [-0.3, -0.25) is 4.79 Å². The summed E-state index contributed by atoms with van der Waals surface area (Å²) >= 11 is 0. The van der Waals surface area contributed by atoms with Crippen molar-refractivity contribution in [2.24, 2.45) is 0 Å². The van der Waals surface area contributed by atoms with Gasteiger partial charge >= 0.3 is 0 Å². The normalized spacial score (nSPS) is 10.4. The Morgan fingerprint density at radius 1 is 0.821 bits per heavy atom. The quantitative estimate of drug-likeness (QED) is 0.606. The Morgan fingerprint density at radius 3 is 2.21 bits per heavy atom. The van der Waals surface area contributed by atoms with Crippen LogP contribution in [-0.4, -0.2) is 32.0 Å². The maximum absolute atomic E-state index is 12.8. The van der Waals surface area contributed by atoms with Crippen LogP contribution in [0.3, 0.4) is 0 Å². The van der Waals surface area contributed by atoms with Crippen LogP contribution in [0, 0.1) is 0 Å². The summed E-state index contributed by atoms with van der Waals surface area (Å²) in [5.74, 6) is 0.667. The number of ether oxygens (including phenoxy) is 1. The molecule has 0 unspecified atom stereocenters. The van der Waals surface area contributed by atoms with Crippen molar-refractivity contribution in [3.05, 3.63) is 95.6 Å². The van der Waals surface area contributed by atoms with Crippen molar-refractivity contribution in [1.29, 1.82) is 0 Å². The summed E-state index contributed by atoms with van der Waals surface area (Å²) < 4.78 is 5.84. The van der Waals surface area contributed by atoms with Gasteiger partial charge in [-0.25, -0.2) is 0 Å². The molecule has 3 aromatic rings. The minimum absolute atomic E-state index is 0.0261. The Hall–Kier alpha value is -3.27. The van der Waals surface area contributed by atoms with Gasteiger partial charge in [0, 0.05) is 38.9 Å². The number of carbonyl (C=O) groups excluding carboxylic acids is 1. The number of benzene rings is 3. The molecule has 28 heavy (non-hydrogen) atoms. The molecule has 3 aromatic carbocycles. The summed E-state index contributed by atoms with van der Waals surface area (Å²) in [6.45, 7) is 1.04. The van der Waals surface area contributed by atoms with Crippen LogP contribution in [0.4, 0.5) is 5.69 Å². The molecule has 0 bridgehead atoms. The minimum Gasteiger partial charge on any atom is -0.489 e. The van der Waals surface area contributed by atoms with Crippen LogP contribution in [0.15, 0.2) is 78.9 Å². The second-order valence-electron chi connectivity index (χ2n) is 7.02. The van der Waals surface area contributed by atoms with Crippen LogP contribution in [-0.2, 0) is 13.2 Å². The first kappa shape index (κ1) is 19.5. The van der Waals surface area contributed by atoms with Gasteiger partial charge in [-0.1, -0.05) is 48.5 Å². The summed E-state index contributed by atoms with van der Waals surface area (Å²) in [6, 6.07) is 25.6. The first-order valence-electron chi connectivity index (χ1n) is 9.31. The smallest absolute Gasteiger partial charge is 0.254 e. The molecule has 1 amide bonds. The molecule has 0 aromatic heterocycles. The molecule has 0 aliphatic rings. The van der Waals surface area contributed by atoms with Crippen LogP contribution in [0.1, 0.15) is 21.5 Å². The van der Waals surface area contributed by atoms with Gasteiger partial charge in [0.1, 0.15) is 12.4 Å². The van der Waals surface area contributed by atoms with Crippen molar-refractivity contribution in [1.82, 2.24) is 4.90 Å². The first-order chi connectivity index (χ1) is 13.5. The number of hydrogen-bond donors (Lipinski definition) is 0. The molecule has 0 N–H and O–H groups in total. The molecule has 0 radical (unpaired) electrons. The number of anilines is 1. The van der Waals surface area contributed by atoms with E-state index in [0.717, 1.165) is 16.8 Å². The molecule has 4 heteroatoms. The maximum atomic E-state index is 12.8. The van der Waals surface area contributed by atoms with E-state index in [0.29, 0.717) is 24.5 Å². The van der Waals surface area contributed by atoms with E-state index >= 15 is 0 Å². The zero-order valence-corrected chi connectivity index (χ0v) is 16.6. The molecule has 3 rings (SSSR count). The number of carbonyl (C=O) groups is 1. The molecule has 0 fully saturated rings. The molecule has 0 spiro atoms. The lowest BCUT2D eigenvalue weighted by Gasteiger charge is -2.19. The first-order valence-corrected chi connectivity index (χ1v) is 9.31. The van der Waals surface area contributed by atoms with E-state index in [1.165, 1.54) is 0 Å². The molecule has 4 nitrogen and oxygen atoms in total. The summed E-state index contributed by atoms with van der Waals surface area (Å²) in [5.41, 5.74) is 3.95. The van der Waals surface area contributed by atoms with Gasteiger partial charge in [-0.2, -0.15) is 0 Å². The zero-order chi connectivity index (χ0) is 19.9. The Kier molecular flexibility index (Phi) is 6.33. The minimum atomic E-state index is -0.0261. The van der Waals surface area contributed by atoms with E-state index in [1.807, 2.05) is 69.7 Å². The van der Waals surface area contributed by atoms with Crippen molar-refractivity contribution in [3.63, 3.8) is 0 Å². The highest BCUT2D eigenvalue weighted by atomic mass is 16.5. The van der Waals surface area contributed by atoms with E-state index in [1.54, 1.807) is 11.0 Å². The summed E-state index contributed by atoms with van der Waals surface area (Å²) in [4.78, 5) is 16.6. The van der Waals surface area contributed by atoms with Crippen molar-refractivity contribution in [2.45, 2.75) is 13.2 Å². The Balaban J connectivity index is 1.62. The zero-order valence-electron chi connectivity index (χ0n) is 16.6. The largest absolute Gasteiger partial charge is 0.489 e. The van der Waals surface area contributed by atoms with Gasteiger partial charge in [0.25, 0.3) is 5.91 Å². The van der Waals surface area contributed by atoms with Gasteiger partial charge in [0.15, 0.2) is 0 Å². The van der Waals surface area contributed by atoms with Crippen LogP contribution in [0.25, 0.3) is 0 Å². The van der Waals surface area contributed by atoms with Crippen LogP contribution in [0.5, 0.6) is 5.75 Å². The summed E-state index contributed by atoms with van der Waals surface area (Å²) in [5, 5.41) is 0. The highest BCUT2D eigenvalue weighted by Crippen LogP contribution is 2.18. The van der Waals surface area contributed by atoms with Crippen LogP contribution >= 0.6 is 0 Å². The molecule has 0 aliphatic carbocycles. The number of nitrogens with zero attached hydrogens (tertiary/aromatic N) is 2. The van der Waals surface area contributed by atoms with Crippen molar-refractivity contribution in [2.75, 3.05) is 26.0 Å². The standard InChI is InChI=1S/C24H26N2O2/c1-25(2)22-14-12-19(13-15-22)17-26(3)24(27)21-10-7-11-23(16-21)28-18-20-8-5-4-6-9-20/h4-16H,17-18H2,1-3H3. The van der Waals surface area contributed by atoms with Gasteiger partial charge in [0.2, 0.25) is 0 Å². The predicted octanol–water partition coefficient (Wildman–Crippen LogP) is 4.60. The van der Waals surface area contributed by atoms with E-state index in [9.17, 15) is 4.79 Å². The molecule has 0 saturated heterocycles. The fourth-order valence-electron chi connectivity index (χ4n) is 2.93. The van der Waals surface area contributed by atoms with Gasteiger partial charge in [-0.15, -0.1) is 0 Å². The second kappa shape index (κ2) is 9.09. The van der Waals surface area contributed by atoms with Crippen molar-refractivity contribution < 1.29 is 9.53 Å². The molecular formula is C24H26N2O2. The van der Waals surface area contributed by atoms with Gasteiger partial charge in [-0.05, 0) is 41.5 Å². The third kappa shape index (κ3) is 5.13. The lowest BCUT2D eigenvalue weighted by atomic mass is 10.1. The lowest BCUT2D eigenvalue weighted by molar-refractivity contribution is 0.0784. The van der Waals surface area contributed by atoms with Gasteiger partial charge < -0.3 is 14.5 Å². The SMILES string of the molecule is CN(Cc1ccc(N(C)C)cc1)C(=O)c1cccc(OCc2ccccc2)c1. The molecular weight excluding hydrogens is 348 g/mol. The molecule has 0 heterocycles. The van der Waals surface area contributed by atoms with E-state index in [-0.39, 0.29) is 5.91 Å². The topological polar surface area (TPSA) is 32.8 Å². The number of rotatable bonds is 7. The summed E-state index contributed by atoms with van der Waals surface area (Å²) in [7, 11) is 5.84. The monoisotopic (exact) mass is 374 g/mol. The Morgan fingerprint density at radius 2 is 1.54 bits per heavy atom. The van der Waals surface area contributed by atoms with Crippen molar-refractivity contribution >= 4 is 11.6 Å². The van der Waals surface area contributed by atoms with Crippen LogP contribution < -0.4 is 9.64 Å². The van der Waals surface area contributed by atoms with E-state index in [4.69, 9.17) is 4.74 Å². The Bertz CT molecular complexity index is 905. The Labute approximate surface area is 167 Å². The number of amides is 1. The second-order valence-corrected chi connectivity index (χ2v) is 7.02. The highest BCUT2D eigenvalue weighted by molar-refractivity contribution is 5.94. The fourth-order valence-corrected chi connectivity index (χ4v) is 2.93. The van der Waals surface area contributed by atoms with E-state index in [2.05, 4.69) is 29.2 Å². The number of hydrogen-bond acceptors (Lipinski definition) is 3. The molecule has 0 atom stereocenters. The predicted molar refractivity (Wildman–Crippen MR) is 114 cm³/mol. The third-order valence-electron chi connectivity index (χ3n) is 4.55. The molecule has 144 valence electrons. The van der Waals surface area contributed by atoms with Crippen molar-refractivity contribution in [3.8, 4) is 5.75 Å². The maximum Gasteiger partial charge on any atom is 0.254 e. The lowest BCUT2D eigenvalue weighted by Crippen LogP contribution is -2.26. The average Bonchev–Trinajstić information content (AvgIpc) is 2.73. The summed E-state index contributed by atoms with van der Waals surface area (Å²) in [6.07, 6.45) is 0. The fraction of sp³-hybridized carbons (Fsp3) is 0.208. The van der Waals surface area contributed by atoms with Crippen LogP contribution in [0.2, 0.25) is 0 Å². The highest BCUT2D eigenvalue weighted by Gasteiger charge is 2.13. The molecule has 0 aliphatic heterocycles. The average molecular weight is 374 g/mol. The van der Waals surface area contributed by atoms with Gasteiger partial charge in [0.05, 0.1) is 0 Å². The molecule has 0 saturated carbocycles. The third-order valence-corrected chi connectivity index (χ3v) is 4.55. The van der Waals surface area contributed by atoms with E-state index < -0.39 is 0 Å².